The lowest BCUT2D eigenvalue weighted by Crippen LogP contribution is -2.45. The van der Waals surface area contributed by atoms with Crippen LogP contribution >= 0.6 is 7.82 Å². The molecule has 0 aliphatic rings. The smallest absolute Gasteiger partial charge is 0.387 e. The molecule has 0 aliphatic heterocycles. The third-order valence-corrected chi connectivity index (χ3v) is 9.73. The van der Waals surface area contributed by atoms with E-state index in [9.17, 15) is 14.5 Å². The largest absolute Gasteiger partial charge is 0.469 e. The van der Waals surface area contributed by atoms with Gasteiger partial charge in [0.25, 0.3) is 0 Å². The number of carbonyl (C=O) groups excluding carboxylic acids is 1. The van der Waals surface area contributed by atoms with Crippen molar-refractivity contribution >= 4 is 13.7 Å². The molecule has 0 heterocycles. The Morgan fingerprint density at radius 2 is 0.936 bits per heavy atom. The minimum absolute atomic E-state index is 0.224. The number of aliphatic hydroxyl groups is 1. The summed E-state index contributed by atoms with van der Waals surface area (Å²) in [6.07, 6.45) is 40.8. The minimum Gasteiger partial charge on any atom is -0.387 e. The van der Waals surface area contributed by atoms with Crippen molar-refractivity contribution in [3.63, 3.8) is 0 Å². The Balaban J connectivity index is 3.98. The minimum atomic E-state index is -4.71. The molecule has 0 unspecified atom stereocenters. The number of rotatable bonds is 37. The molecule has 0 bridgehead atoms. The van der Waals surface area contributed by atoms with Crippen molar-refractivity contribution in [2.75, 3.05) is 6.61 Å². The molecule has 4 N–H and O–H groups in total. The first-order valence-electron chi connectivity index (χ1n) is 20.1. The molecule has 8 heteroatoms. The normalized spacial score (nSPS) is 13.4. The Labute approximate surface area is 291 Å². The molecular weight excluding hydrogens is 609 g/mol. The summed E-state index contributed by atoms with van der Waals surface area (Å²) < 4.78 is 15.9. The lowest BCUT2D eigenvalue weighted by atomic mass is 10.0. The Morgan fingerprint density at radius 1 is 0.596 bits per heavy atom. The van der Waals surface area contributed by atoms with Crippen LogP contribution in [0.5, 0.6) is 0 Å². The van der Waals surface area contributed by atoms with E-state index in [4.69, 9.17) is 9.79 Å². The van der Waals surface area contributed by atoms with Crippen LogP contribution in [0.4, 0.5) is 0 Å². The maximum Gasteiger partial charge on any atom is 0.469 e. The summed E-state index contributed by atoms with van der Waals surface area (Å²) in [7, 11) is -4.71. The number of phosphoric ester groups is 1. The van der Waals surface area contributed by atoms with Crippen LogP contribution in [0.2, 0.25) is 0 Å². The Kier molecular flexibility index (Phi) is 34.6. The summed E-state index contributed by atoms with van der Waals surface area (Å²) in [5.74, 6) is -0.224. The number of phosphoric acid groups is 1. The highest BCUT2D eigenvalue weighted by Crippen LogP contribution is 2.35. The number of carbonyl (C=O) groups is 1. The zero-order valence-corrected chi connectivity index (χ0v) is 31.8. The summed E-state index contributed by atoms with van der Waals surface area (Å²) in [5.41, 5.74) is 0. The summed E-state index contributed by atoms with van der Waals surface area (Å²) in [6.45, 7) is 4.08. The van der Waals surface area contributed by atoms with Crippen LogP contribution in [0, 0.1) is 0 Å². The van der Waals surface area contributed by atoms with Gasteiger partial charge in [-0.3, -0.25) is 9.32 Å². The number of unbranched alkanes of at least 4 members (excludes halogenated alkanes) is 28. The molecule has 7 nitrogen and oxygen atoms in total. The van der Waals surface area contributed by atoms with Gasteiger partial charge in [-0.1, -0.05) is 199 Å². The Morgan fingerprint density at radius 3 is 1.30 bits per heavy atom. The molecule has 1 amide bonds. The second-order valence-corrected chi connectivity index (χ2v) is 15.2. The number of hydrogen-bond acceptors (Lipinski definition) is 4. The quantitative estimate of drug-likeness (QED) is 0.0293. The SMILES string of the molecule is CCCCCCCCCCCCCCCC/C=C/[C@@H](O)[C@H](COP(=O)(O)O)NC(=O)CCCCCCCCCCCCCCCCC. The van der Waals surface area contributed by atoms with Crippen molar-refractivity contribution in [2.24, 2.45) is 0 Å². The summed E-state index contributed by atoms with van der Waals surface area (Å²) in [4.78, 5) is 30.8. The average molecular weight is 688 g/mol. The third-order valence-electron chi connectivity index (χ3n) is 9.25. The predicted octanol–water partition coefficient (Wildman–Crippen LogP) is 11.6. The average Bonchev–Trinajstić information content (AvgIpc) is 3.04. The Bertz CT molecular complexity index is 743. The van der Waals surface area contributed by atoms with E-state index in [2.05, 4.69) is 23.7 Å². The van der Waals surface area contributed by atoms with Crippen LogP contribution in [-0.4, -0.2) is 39.6 Å². The van der Waals surface area contributed by atoms with Gasteiger partial charge in [-0.25, -0.2) is 4.57 Å². The number of hydrogen-bond donors (Lipinski definition) is 4. The lowest BCUT2D eigenvalue weighted by Gasteiger charge is -2.22. The molecule has 0 fully saturated rings. The van der Waals surface area contributed by atoms with Crippen LogP contribution < -0.4 is 5.32 Å². The van der Waals surface area contributed by atoms with Gasteiger partial charge in [-0.15, -0.1) is 0 Å². The topological polar surface area (TPSA) is 116 Å². The van der Waals surface area contributed by atoms with Gasteiger partial charge in [0.15, 0.2) is 0 Å². The first kappa shape index (κ1) is 46.3. The van der Waals surface area contributed by atoms with Gasteiger partial charge in [-0.05, 0) is 19.3 Å². The number of nitrogens with one attached hydrogen (secondary N) is 1. The van der Waals surface area contributed by atoms with Crippen molar-refractivity contribution in [1.29, 1.82) is 0 Å². The highest BCUT2D eigenvalue weighted by atomic mass is 31.2. The molecule has 2 atom stereocenters. The fourth-order valence-electron chi connectivity index (χ4n) is 6.17. The molecule has 0 aromatic rings. The molecule has 0 aliphatic carbocycles. The van der Waals surface area contributed by atoms with Gasteiger partial charge in [0.05, 0.1) is 18.8 Å². The molecule has 0 radical (unpaired) electrons. The number of amides is 1. The summed E-state index contributed by atoms with van der Waals surface area (Å²) in [5, 5.41) is 13.4. The van der Waals surface area contributed by atoms with E-state index < -0.39 is 26.6 Å². The summed E-state index contributed by atoms with van der Waals surface area (Å²) in [6, 6.07) is -0.904. The van der Waals surface area contributed by atoms with Crippen LogP contribution in [0.3, 0.4) is 0 Å². The lowest BCUT2D eigenvalue weighted by molar-refractivity contribution is -0.123. The van der Waals surface area contributed by atoms with Gasteiger partial charge in [-0.2, -0.15) is 0 Å². The molecule has 0 aromatic carbocycles. The first-order chi connectivity index (χ1) is 22.8. The van der Waals surface area contributed by atoms with Crippen molar-refractivity contribution in [1.82, 2.24) is 5.32 Å². The predicted molar refractivity (Wildman–Crippen MR) is 200 cm³/mol. The van der Waals surface area contributed by atoms with Crippen LogP contribution in [0.1, 0.15) is 213 Å². The third kappa shape index (κ3) is 36.4. The fraction of sp³-hybridized carbons (Fsp3) is 0.923. The number of allylic oxidation sites excluding steroid dienone is 1. The molecule has 47 heavy (non-hydrogen) atoms. The van der Waals surface area contributed by atoms with Crippen molar-refractivity contribution in [2.45, 2.75) is 225 Å². The van der Waals surface area contributed by atoms with E-state index in [1.807, 2.05) is 6.08 Å². The molecule has 0 aromatic heterocycles. The van der Waals surface area contributed by atoms with Crippen molar-refractivity contribution < 1.29 is 28.8 Å². The molecule has 0 saturated carbocycles. The molecule has 280 valence electrons. The van der Waals surface area contributed by atoms with Gasteiger partial charge in [0.2, 0.25) is 5.91 Å². The maximum absolute atomic E-state index is 12.5. The highest BCUT2D eigenvalue weighted by Gasteiger charge is 2.24. The van der Waals surface area contributed by atoms with E-state index in [-0.39, 0.29) is 5.91 Å². The van der Waals surface area contributed by atoms with Crippen LogP contribution in [0.15, 0.2) is 12.2 Å². The molecular formula is C39H78NO6P. The van der Waals surface area contributed by atoms with Crippen LogP contribution in [-0.2, 0) is 13.9 Å². The van der Waals surface area contributed by atoms with E-state index in [0.29, 0.717) is 6.42 Å². The summed E-state index contributed by atoms with van der Waals surface area (Å²) >= 11 is 0. The van der Waals surface area contributed by atoms with Gasteiger partial charge in [0, 0.05) is 6.42 Å². The maximum atomic E-state index is 12.5. The Hall–Kier alpha value is -0.720. The van der Waals surface area contributed by atoms with E-state index >= 15 is 0 Å². The van der Waals surface area contributed by atoms with E-state index in [1.165, 1.54) is 154 Å². The fourth-order valence-corrected chi connectivity index (χ4v) is 6.52. The van der Waals surface area contributed by atoms with Crippen LogP contribution in [0.25, 0.3) is 0 Å². The number of aliphatic hydroxyl groups excluding tert-OH is 1. The molecule has 0 rings (SSSR count). The monoisotopic (exact) mass is 688 g/mol. The zero-order chi connectivity index (χ0) is 34.7. The van der Waals surface area contributed by atoms with Gasteiger partial charge < -0.3 is 20.2 Å². The first-order valence-corrected chi connectivity index (χ1v) is 21.7. The van der Waals surface area contributed by atoms with Gasteiger partial charge in [0.1, 0.15) is 0 Å². The van der Waals surface area contributed by atoms with Gasteiger partial charge >= 0.3 is 7.82 Å². The highest BCUT2D eigenvalue weighted by molar-refractivity contribution is 7.46. The second kappa shape index (κ2) is 35.1. The second-order valence-electron chi connectivity index (χ2n) is 14.0. The van der Waals surface area contributed by atoms with Crippen molar-refractivity contribution in [3.8, 4) is 0 Å². The molecule has 0 saturated heterocycles. The van der Waals surface area contributed by atoms with E-state index in [0.717, 1.165) is 38.5 Å². The zero-order valence-electron chi connectivity index (χ0n) is 31.0. The standard InChI is InChI=1S/C39H78NO6P/c1-3-5-7-9-11-13-15-17-19-21-22-24-26-28-30-32-34-38(41)37(36-46-47(43,44)45)40-39(42)35-33-31-29-27-25-23-20-18-16-14-12-10-8-6-4-2/h32,34,37-38,41H,3-31,33,35-36H2,1-2H3,(H,40,42)(H2,43,44,45)/b34-32+/t37-,38+/m0/s1. The van der Waals surface area contributed by atoms with Crippen molar-refractivity contribution in [3.05, 3.63) is 12.2 Å². The molecule has 0 spiro atoms. The van der Waals surface area contributed by atoms with E-state index in [1.54, 1.807) is 6.08 Å².